The van der Waals surface area contributed by atoms with Gasteiger partial charge in [-0.15, -0.1) is 0 Å². The van der Waals surface area contributed by atoms with Gasteiger partial charge in [0.25, 0.3) is 0 Å². The SMILES string of the molecule is NCC#CC(=O)O. The van der Waals surface area contributed by atoms with Gasteiger partial charge in [0, 0.05) is 5.92 Å². The van der Waals surface area contributed by atoms with Crippen LogP contribution in [0.4, 0.5) is 0 Å². The van der Waals surface area contributed by atoms with Crippen LogP contribution in [0.5, 0.6) is 0 Å². The lowest BCUT2D eigenvalue weighted by Crippen LogP contribution is -1.95. The zero-order valence-electron chi connectivity index (χ0n) is 3.64. The molecule has 0 atom stereocenters. The summed E-state index contributed by atoms with van der Waals surface area (Å²) < 4.78 is 0. The van der Waals surface area contributed by atoms with Crippen LogP contribution in [0.15, 0.2) is 0 Å². The van der Waals surface area contributed by atoms with Crippen LogP contribution >= 0.6 is 0 Å². The number of nitrogens with two attached hydrogens (primary N) is 1. The fourth-order valence-electron chi connectivity index (χ4n) is 0.127. The summed E-state index contributed by atoms with van der Waals surface area (Å²) in [6.45, 7) is 0.103. The molecule has 3 heteroatoms. The second-order valence-electron chi connectivity index (χ2n) is 0.811. The average molecular weight is 99.1 g/mol. The maximum absolute atomic E-state index is 9.53. The first-order valence-electron chi connectivity index (χ1n) is 1.69. The second kappa shape index (κ2) is 3.19. The Balaban J connectivity index is 3.45. The predicted octanol–water partition coefficient (Wildman–Crippen LogP) is -0.967. The van der Waals surface area contributed by atoms with E-state index in [0.29, 0.717) is 0 Å². The lowest BCUT2D eigenvalue weighted by molar-refractivity contribution is -0.130. The van der Waals surface area contributed by atoms with Gasteiger partial charge in [0.05, 0.1) is 6.54 Å². The van der Waals surface area contributed by atoms with Gasteiger partial charge in [0.15, 0.2) is 0 Å². The molecule has 0 aromatic carbocycles. The average Bonchev–Trinajstić information content (AvgIpc) is 1.61. The second-order valence-corrected chi connectivity index (χ2v) is 0.811. The third-order valence-electron chi connectivity index (χ3n) is 0.297. The van der Waals surface area contributed by atoms with Crippen molar-refractivity contribution >= 4 is 5.97 Å². The van der Waals surface area contributed by atoms with Crippen molar-refractivity contribution in [2.75, 3.05) is 6.54 Å². The highest BCUT2D eigenvalue weighted by Crippen LogP contribution is 1.52. The first-order valence-corrected chi connectivity index (χ1v) is 1.69. The summed E-state index contributed by atoms with van der Waals surface area (Å²) in [5.41, 5.74) is 4.84. The molecule has 0 heterocycles. The van der Waals surface area contributed by atoms with Crippen LogP contribution in [0, 0.1) is 11.8 Å². The molecule has 0 aromatic heterocycles. The number of hydrogen-bond acceptors (Lipinski definition) is 2. The van der Waals surface area contributed by atoms with Gasteiger partial charge in [-0.25, -0.2) is 4.79 Å². The van der Waals surface area contributed by atoms with E-state index in [9.17, 15) is 4.79 Å². The van der Waals surface area contributed by atoms with Crippen LogP contribution in [0.1, 0.15) is 0 Å². The molecule has 0 unspecified atom stereocenters. The summed E-state index contributed by atoms with van der Waals surface area (Å²) >= 11 is 0. The minimum absolute atomic E-state index is 0.103. The molecule has 0 fully saturated rings. The maximum atomic E-state index is 9.53. The quantitative estimate of drug-likeness (QED) is 0.384. The molecule has 0 bridgehead atoms. The largest absolute Gasteiger partial charge is 0.472 e. The van der Waals surface area contributed by atoms with Gasteiger partial charge in [-0.1, -0.05) is 5.92 Å². The van der Waals surface area contributed by atoms with Crippen molar-refractivity contribution in [2.24, 2.45) is 5.73 Å². The molecule has 0 saturated heterocycles. The van der Waals surface area contributed by atoms with E-state index >= 15 is 0 Å². The molecule has 0 spiro atoms. The van der Waals surface area contributed by atoms with Gasteiger partial charge < -0.3 is 10.8 Å². The van der Waals surface area contributed by atoms with Crippen LogP contribution in [0.3, 0.4) is 0 Å². The Hall–Kier alpha value is -1.01. The molecule has 0 aromatic rings. The molecule has 7 heavy (non-hydrogen) atoms. The molecular formula is C4H5NO2. The summed E-state index contributed by atoms with van der Waals surface area (Å²) in [4.78, 5) is 9.53. The molecular weight excluding hydrogens is 94.0 g/mol. The molecule has 38 valence electrons. The minimum atomic E-state index is -1.13. The number of rotatable bonds is 0. The lowest BCUT2D eigenvalue weighted by atomic mass is 10.6. The summed E-state index contributed by atoms with van der Waals surface area (Å²) in [5, 5.41) is 7.82. The zero-order valence-corrected chi connectivity index (χ0v) is 3.64. The minimum Gasteiger partial charge on any atom is -0.472 e. The smallest absolute Gasteiger partial charge is 0.381 e. The Bertz CT molecular complexity index is 119. The Kier molecular flexibility index (Phi) is 2.73. The first kappa shape index (κ1) is 5.99. The molecule has 0 aliphatic rings. The normalized spacial score (nSPS) is 6.43. The predicted molar refractivity (Wildman–Crippen MR) is 24.5 cm³/mol. The molecule has 3 nitrogen and oxygen atoms in total. The summed E-state index contributed by atoms with van der Waals surface area (Å²) in [6, 6.07) is 0. The Morgan fingerprint density at radius 3 is 2.57 bits per heavy atom. The number of carboxylic acids is 1. The number of aliphatic carboxylic acids is 1. The van der Waals surface area contributed by atoms with Crippen LogP contribution < -0.4 is 5.73 Å². The molecule has 0 amide bonds. The number of carboxylic acid groups (broad SMARTS) is 1. The molecule has 0 saturated carbocycles. The lowest BCUT2D eigenvalue weighted by Gasteiger charge is -1.68. The Morgan fingerprint density at radius 1 is 1.86 bits per heavy atom. The van der Waals surface area contributed by atoms with Crippen LogP contribution in [0.2, 0.25) is 0 Å². The van der Waals surface area contributed by atoms with Crippen molar-refractivity contribution in [3.63, 3.8) is 0 Å². The van der Waals surface area contributed by atoms with Gasteiger partial charge in [0.1, 0.15) is 0 Å². The van der Waals surface area contributed by atoms with E-state index in [1.165, 1.54) is 0 Å². The highest BCUT2D eigenvalue weighted by molar-refractivity contribution is 5.86. The standard InChI is InChI=1S/C4H5NO2/c5-3-1-2-4(6)7/h3,5H2,(H,6,7). The molecule has 0 rings (SSSR count). The topological polar surface area (TPSA) is 63.3 Å². The van der Waals surface area contributed by atoms with Crippen molar-refractivity contribution in [2.45, 2.75) is 0 Å². The highest BCUT2D eigenvalue weighted by atomic mass is 16.4. The molecule has 3 N–H and O–H groups in total. The summed E-state index contributed by atoms with van der Waals surface area (Å²) in [6.07, 6.45) is 0. The number of hydrogen-bond donors (Lipinski definition) is 2. The van der Waals surface area contributed by atoms with Crippen molar-refractivity contribution in [1.29, 1.82) is 0 Å². The fraction of sp³-hybridized carbons (Fsp3) is 0.250. The van der Waals surface area contributed by atoms with Crippen molar-refractivity contribution in [3.8, 4) is 11.8 Å². The maximum Gasteiger partial charge on any atom is 0.381 e. The van der Waals surface area contributed by atoms with E-state index < -0.39 is 5.97 Å². The van der Waals surface area contributed by atoms with Gasteiger partial charge in [-0.2, -0.15) is 0 Å². The van der Waals surface area contributed by atoms with Gasteiger partial charge >= 0.3 is 5.97 Å². The van der Waals surface area contributed by atoms with Crippen molar-refractivity contribution in [3.05, 3.63) is 0 Å². The van der Waals surface area contributed by atoms with Gasteiger partial charge in [-0.3, -0.25) is 0 Å². The monoisotopic (exact) mass is 99.0 g/mol. The molecule has 0 aliphatic carbocycles. The van der Waals surface area contributed by atoms with Crippen LogP contribution in [-0.2, 0) is 4.79 Å². The fourth-order valence-corrected chi connectivity index (χ4v) is 0.127. The first-order chi connectivity index (χ1) is 3.27. The third kappa shape index (κ3) is 4.99. The van der Waals surface area contributed by atoms with Crippen LogP contribution in [0.25, 0.3) is 0 Å². The van der Waals surface area contributed by atoms with E-state index in [4.69, 9.17) is 10.8 Å². The van der Waals surface area contributed by atoms with Crippen molar-refractivity contribution in [1.82, 2.24) is 0 Å². The third-order valence-corrected chi connectivity index (χ3v) is 0.297. The zero-order chi connectivity index (χ0) is 5.70. The summed E-state index contributed by atoms with van der Waals surface area (Å²) in [5.74, 6) is 2.88. The van der Waals surface area contributed by atoms with E-state index in [0.717, 1.165) is 0 Å². The van der Waals surface area contributed by atoms with Crippen LogP contribution in [-0.4, -0.2) is 17.6 Å². The Labute approximate surface area is 41.1 Å². The highest BCUT2D eigenvalue weighted by Gasteiger charge is 1.78. The van der Waals surface area contributed by atoms with E-state index in [2.05, 4.69) is 5.92 Å². The van der Waals surface area contributed by atoms with Crippen molar-refractivity contribution < 1.29 is 9.90 Å². The van der Waals surface area contributed by atoms with E-state index in [1.54, 1.807) is 0 Å². The van der Waals surface area contributed by atoms with E-state index in [1.807, 2.05) is 5.92 Å². The van der Waals surface area contributed by atoms with Gasteiger partial charge in [0.2, 0.25) is 0 Å². The van der Waals surface area contributed by atoms with E-state index in [-0.39, 0.29) is 6.54 Å². The molecule has 0 aliphatic heterocycles. The van der Waals surface area contributed by atoms with Gasteiger partial charge in [-0.05, 0) is 0 Å². The Morgan fingerprint density at radius 2 is 2.43 bits per heavy atom. The summed E-state index contributed by atoms with van der Waals surface area (Å²) in [7, 11) is 0. The molecule has 0 radical (unpaired) electrons. The number of carbonyl (C=O) groups is 1.